The first kappa shape index (κ1) is 22.4. The number of hydrogen-bond donors (Lipinski definition) is 5. The van der Waals surface area contributed by atoms with Crippen LogP contribution in [0, 0.1) is 0 Å². The molecule has 9 heteroatoms. The molecule has 2 rings (SSSR count). The maximum Gasteiger partial charge on any atom is 0.326 e. The summed E-state index contributed by atoms with van der Waals surface area (Å²) in [7, 11) is 0. The van der Waals surface area contributed by atoms with Gasteiger partial charge in [-0.2, -0.15) is 0 Å². The van der Waals surface area contributed by atoms with E-state index in [0.717, 1.165) is 5.56 Å². The number of carboxylic acid groups (broad SMARTS) is 1. The van der Waals surface area contributed by atoms with E-state index in [9.17, 15) is 24.3 Å². The van der Waals surface area contributed by atoms with Gasteiger partial charge in [-0.3, -0.25) is 14.4 Å². The van der Waals surface area contributed by atoms with Gasteiger partial charge in [-0.15, -0.1) is 0 Å². The van der Waals surface area contributed by atoms with Gasteiger partial charge in [0.2, 0.25) is 11.8 Å². The molecule has 9 nitrogen and oxygen atoms in total. The lowest BCUT2D eigenvalue weighted by molar-refractivity contribution is -0.142. The lowest BCUT2D eigenvalue weighted by Crippen LogP contribution is -2.52. The molecule has 2 atom stereocenters. The van der Waals surface area contributed by atoms with Gasteiger partial charge in [-0.05, 0) is 24.1 Å². The molecule has 0 aliphatic rings. The zero-order valence-electron chi connectivity index (χ0n) is 16.2. The van der Waals surface area contributed by atoms with Crippen molar-refractivity contribution in [3.63, 3.8) is 0 Å². The largest absolute Gasteiger partial charge is 0.480 e. The number of nitrogens with one attached hydrogen (secondary N) is 2. The van der Waals surface area contributed by atoms with Crippen LogP contribution in [0.1, 0.15) is 28.8 Å². The van der Waals surface area contributed by atoms with Gasteiger partial charge in [0.15, 0.2) is 0 Å². The van der Waals surface area contributed by atoms with Gasteiger partial charge in [0.1, 0.15) is 12.1 Å². The van der Waals surface area contributed by atoms with Crippen molar-refractivity contribution >= 4 is 29.4 Å². The average molecular weight is 412 g/mol. The van der Waals surface area contributed by atoms with E-state index in [1.54, 1.807) is 42.5 Å². The van der Waals surface area contributed by atoms with Crippen molar-refractivity contribution in [3.05, 3.63) is 65.7 Å². The monoisotopic (exact) mass is 412 g/mol. The summed E-state index contributed by atoms with van der Waals surface area (Å²) in [5.41, 5.74) is 12.1. The molecule has 0 spiro atoms. The third-order valence-corrected chi connectivity index (χ3v) is 4.40. The number of carboxylic acids is 1. The molecule has 0 aliphatic carbocycles. The molecule has 158 valence electrons. The Bertz CT molecular complexity index is 917. The van der Waals surface area contributed by atoms with Crippen molar-refractivity contribution in [3.8, 4) is 0 Å². The highest BCUT2D eigenvalue weighted by atomic mass is 16.4. The number of rotatable bonds is 10. The summed E-state index contributed by atoms with van der Waals surface area (Å²) in [5.74, 6) is -3.24. The Labute approximate surface area is 173 Å². The third kappa shape index (κ3) is 6.62. The van der Waals surface area contributed by atoms with Gasteiger partial charge in [0.25, 0.3) is 5.91 Å². The standard InChI is InChI=1S/C21H24N4O5/c22-15-9-5-4-8-14(15)19(27)25-17(12-13-6-2-1-3-7-13)20(28)24-16(21(29)30)10-11-18(23)26/h1-9,16-17H,10-12,22H2,(H2,23,26)(H,24,28)(H,25,27)(H,29,30)/t16-,17-/m0/s1. The van der Waals surface area contributed by atoms with Gasteiger partial charge in [0.05, 0.1) is 5.56 Å². The van der Waals surface area contributed by atoms with Crippen molar-refractivity contribution in [2.75, 3.05) is 5.73 Å². The molecule has 0 fully saturated rings. The van der Waals surface area contributed by atoms with Crippen molar-refractivity contribution in [1.29, 1.82) is 0 Å². The fourth-order valence-corrected chi connectivity index (χ4v) is 2.82. The smallest absolute Gasteiger partial charge is 0.326 e. The van der Waals surface area contributed by atoms with Crippen LogP contribution < -0.4 is 22.1 Å². The van der Waals surface area contributed by atoms with Crippen LogP contribution in [-0.4, -0.2) is 40.9 Å². The molecule has 0 unspecified atom stereocenters. The molecule has 0 bridgehead atoms. The van der Waals surface area contributed by atoms with Crippen LogP contribution in [0.3, 0.4) is 0 Å². The van der Waals surface area contributed by atoms with Crippen molar-refractivity contribution in [2.45, 2.75) is 31.3 Å². The van der Waals surface area contributed by atoms with Crippen LogP contribution in [0.2, 0.25) is 0 Å². The molecule has 0 aliphatic heterocycles. The lowest BCUT2D eigenvalue weighted by atomic mass is 10.0. The summed E-state index contributed by atoms with van der Waals surface area (Å²) in [6.45, 7) is 0. The van der Waals surface area contributed by atoms with Gasteiger partial charge in [0, 0.05) is 18.5 Å². The Hall–Kier alpha value is -3.88. The molecule has 0 heterocycles. The van der Waals surface area contributed by atoms with E-state index in [0.29, 0.717) is 0 Å². The van der Waals surface area contributed by atoms with E-state index in [-0.39, 0.29) is 30.5 Å². The van der Waals surface area contributed by atoms with Crippen LogP contribution in [0.25, 0.3) is 0 Å². The average Bonchev–Trinajstić information content (AvgIpc) is 2.71. The molecule has 3 amide bonds. The number of amides is 3. The zero-order chi connectivity index (χ0) is 22.1. The van der Waals surface area contributed by atoms with Crippen molar-refractivity contribution in [1.82, 2.24) is 10.6 Å². The number of benzene rings is 2. The number of anilines is 1. The van der Waals surface area contributed by atoms with Crippen LogP contribution in [0.5, 0.6) is 0 Å². The van der Waals surface area contributed by atoms with E-state index >= 15 is 0 Å². The first-order valence-electron chi connectivity index (χ1n) is 9.28. The van der Waals surface area contributed by atoms with E-state index in [1.165, 1.54) is 6.07 Å². The number of nitrogens with two attached hydrogens (primary N) is 2. The molecular formula is C21H24N4O5. The Morgan fingerprint density at radius 1 is 0.900 bits per heavy atom. The van der Waals surface area contributed by atoms with E-state index in [4.69, 9.17) is 11.5 Å². The van der Waals surface area contributed by atoms with Crippen molar-refractivity contribution in [2.24, 2.45) is 5.73 Å². The highest BCUT2D eigenvalue weighted by Gasteiger charge is 2.27. The van der Waals surface area contributed by atoms with E-state index in [1.807, 2.05) is 6.07 Å². The second-order valence-corrected chi connectivity index (χ2v) is 6.71. The molecule has 30 heavy (non-hydrogen) atoms. The summed E-state index contributed by atoms with van der Waals surface area (Å²) in [4.78, 5) is 47.9. The van der Waals surface area contributed by atoms with Gasteiger partial charge in [-0.25, -0.2) is 4.79 Å². The highest BCUT2D eigenvalue weighted by molar-refractivity contribution is 6.01. The maximum atomic E-state index is 12.8. The normalized spacial score (nSPS) is 12.4. The maximum absolute atomic E-state index is 12.8. The number of carbonyl (C=O) groups excluding carboxylic acids is 3. The topological polar surface area (TPSA) is 165 Å². The number of primary amides is 1. The second kappa shape index (κ2) is 10.6. The highest BCUT2D eigenvalue weighted by Crippen LogP contribution is 2.12. The summed E-state index contributed by atoms with van der Waals surface area (Å²) in [6, 6.07) is 13.0. The molecule has 0 aromatic heterocycles. The van der Waals surface area contributed by atoms with Crippen LogP contribution in [0.15, 0.2) is 54.6 Å². The fraction of sp³-hybridized carbons (Fsp3) is 0.238. The number of aliphatic carboxylic acids is 1. The molecule has 0 radical (unpaired) electrons. The summed E-state index contributed by atoms with van der Waals surface area (Å²) in [6.07, 6.45) is -0.227. The Morgan fingerprint density at radius 2 is 1.53 bits per heavy atom. The number of para-hydroxylation sites is 1. The van der Waals surface area contributed by atoms with Crippen LogP contribution in [0.4, 0.5) is 5.69 Å². The summed E-state index contributed by atoms with van der Waals surface area (Å²) in [5, 5.41) is 14.3. The third-order valence-electron chi connectivity index (χ3n) is 4.40. The van der Waals surface area contributed by atoms with Crippen LogP contribution in [-0.2, 0) is 20.8 Å². The summed E-state index contributed by atoms with van der Waals surface area (Å²) < 4.78 is 0. The molecular weight excluding hydrogens is 388 g/mol. The number of carbonyl (C=O) groups is 4. The summed E-state index contributed by atoms with van der Waals surface area (Å²) >= 11 is 0. The Morgan fingerprint density at radius 3 is 2.13 bits per heavy atom. The van der Waals surface area contributed by atoms with E-state index in [2.05, 4.69) is 10.6 Å². The van der Waals surface area contributed by atoms with Gasteiger partial charge >= 0.3 is 5.97 Å². The predicted octanol–water partition coefficient (Wildman–Crippen LogP) is 0.445. The first-order chi connectivity index (χ1) is 14.3. The zero-order valence-corrected chi connectivity index (χ0v) is 16.2. The number of hydrogen-bond acceptors (Lipinski definition) is 5. The lowest BCUT2D eigenvalue weighted by Gasteiger charge is -2.22. The fourth-order valence-electron chi connectivity index (χ4n) is 2.82. The Balaban J connectivity index is 2.20. The minimum Gasteiger partial charge on any atom is -0.480 e. The minimum absolute atomic E-state index is 0.132. The van der Waals surface area contributed by atoms with Crippen molar-refractivity contribution < 1.29 is 24.3 Å². The van der Waals surface area contributed by atoms with Crippen LogP contribution >= 0.6 is 0 Å². The molecule has 2 aromatic carbocycles. The Kier molecular flexibility index (Phi) is 7.92. The number of nitrogen functional groups attached to an aromatic ring is 1. The first-order valence-corrected chi connectivity index (χ1v) is 9.28. The van der Waals surface area contributed by atoms with Gasteiger partial charge < -0.3 is 27.2 Å². The minimum atomic E-state index is -1.32. The molecule has 0 saturated heterocycles. The predicted molar refractivity (Wildman–Crippen MR) is 110 cm³/mol. The SMILES string of the molecule is NC(=O)CC[C@H](NC(=O)[C@H](Cc1ccccc1)NC(=O)c1ccccc1N)C(=O)O. The molecule has 0 saturated carbocycles. The molecule has 2 aromatic rings. The van der Waals surface area contributed by atoms with Gasteiger partial charge in [-0.1, -0.05) is 42.5 Å². The second-order valence-electron chi connectivity index (χ2n) is 6.71. The molecule has 7 N–H and O–H groups in total. The quantitative estimate of drug-likeness (QED) is 0.355. The van der Waals surface area contributed by atoms with E-state index < -0.39 is 35.8 Å².